The Bertz CT molecular complexity index is 1020. The third kappa shape index (κ3) is 17.2. The molecule has 0 saturated heterocycles. The molecule has 1 heterocycles. The largest absolute Gasteiger partial charge is 2.00 e. The third-order valence-electron chi connectivity index (χ3n) is 9.06. The van der Waals surface area contributed by atoms with E-state index in [1.165, 1.54) is 47.4 Å². The third-order valence-corrected chi connectivity index (χ3v) is 13.1. The quantitative estimate of drug-likeness (QED) is 0.216. The van der Waals surface area contributed by atoms with E-state index in [-0.39, 0.29) is 20.4 Å². The number of carboxylic acid groups (broad SMARTS) is 2. The summed E-state index contributed by atoms with van der Waals surface area (Å²) >= 11 is 0. The average molecular weight is 753 g/mol. The average Bonchev–Trinajstić information content (AvgIpc) is 3.50. The maximum atomic E-state index is 8.89. The normalized spacial score (nSPS) is 18.4. The molecule has 3 aliphatic carbocycles. The van der Waals surface area contributed by atoms with E-state index in [2.05, 4.69) is 77.4 Å². The van der Waals surface area contributed by atoms with Crippen LogP contribution in [0.15, 0.2) is 73.1 Å². The number of carbonyl (C=O) groups is 2. The van der Waals surface area contributed by atoms with Crippen LogP contribution in [0.2, 0.25) is 0 Å². The van der Waals surface area contributed by atoms with Crippen LogP contribution in [0.25, 0.3) is 0 Å². The maximum Gasteiger partial charge on any atom is 2.00 e. The molecule has 0 unspecified atom stereocenters. The van der Waals surface area contributed by atoms with Gasteiger partial charge in [0.05, 0.1) is 0 Å². The van der Waals surface area contributed by atoms with Crippen molar-refractivity contribution in [1.29, 1.82) is 0 Å². The fourth-order valence-corrected chi connectivity index (χ4v) is 11.8. The van der Waals surface area contributed by atoms with Crippen LogP contribution < -0.4 is 10.2 Å². The van der Waals surface area contributed by atoms with Crippen LogP contribution in [0.3, 0.4) is 0 Å². The Morgan fingerprint density at radius 1 is 0.596 bits per heavy atom. The molecule has 0 atom stereocenters. The zero-order valence-corrected chi connectivity index (χ0v) is 30.9. The molecule has 3 fully saturated rings. The van der Waals surface area contributed by atoms with E-state index in [1.807, 2.05) is 12.1 Å². The zero-order chi connectivity index (χ0) is 33.0. The van der Waals surface area contributed by atoms with Crippen molar-refractivity contribution >= 4 is 19.9 Å². The van der Waals surface area contributed by atoms with Gasteiger partial charge in [0.15, 0.2) is 0 Å². The van der Waals surface area contributed by atoms with Crippen molar-refractivity contribution in [1.82, 2.24) is 9.80 Å². The summed E-state index contributed by atoms with van der Waals surface area (Å²) in [7, 11) is 0.385. The zero-order valence-electron chi connectivity index (χ0n) is 28.5. The molecular weight excluding hydrogens is 698 g/mol. The van der Waals surface area contributed by atoms with Crippen LogP contribution in [-0.4, -0.2) is 38.7 Å². The van der Waals surface area contributed by atoms with Crippen LogP contribution in [0.1, 0.15) is 121 Å². The smallest absolute Gasteiger partial charge is 0.550 e. The van der Waals surface area contributed by atoms with Gasteiger partial charge in [-0.25, -0.2) is 0 Å². The fraction of sp³-hybridized carbons (Fsp3) is 0.564. The van der Waals surface area contributed by atoms with E-state index >= 15 is 0 Å². The summed E-state index contributed by atoms with van der Waals surface area (Å²) in [5.74, 6) is -2.17. The summed E-state index contributed by atoms with van der Waals surface area (Å²) in [4.78, 5) is 21.9. The van der Waals surface area contributed by atoms with Crippen molar-refractivity contribution in [2.24, 2.45) is 0 Å². The molecule has 0 aromatic heterocycles. The van der Waals surface area contributed by atoms with E-state index in [0.29, 0.717) is 7.92 Å². The number of hydrogen-bond donors (Lipinski definition) is 0. The molecule has 47 heavy (non-hydrogen) atoms. The van der Waals surface area contributed by atoms with Gasteiger partial charge < -0.3 is 29.6 Å². The van der Waals surface area contributed by atoms with Crippen molar-refractivity contribution in [2.75, 3.05) is 0 Å². The van der Waals surface area contributed by atoms with E-state index in [4.69, 9.17) is 19.8 Å². The maximum absolute atomic E-state index is 8.89. The van der Waals surface area contributed by atoms with Gasteiger partial charge in [0, 0.05) is 37.4 Å². The number of rotatable bonds is 7. The van der Waals surface area contributed by atoms with E-state index in [1.54, 1.807) is 77.0 Å². The molecule has 8 heteroatoms. The molecule has 4 aliphatic rings. The Morgan fingerprint density at radius 2 is 0.872 bits per heavy atom. The Labute approximate surface area is 299 Å². The molecule has 260 valence electrons. The summed E-state index contributed by atoms with van der Waals surface area (Å²) in [6.07, 6.45) is 27.8. The van der Waals surface area contributed by atoms with Crippen LogP contribution in [0.4, 0.5) is 0 Å². The van der Waals surface area contributed by atoms with E-state index in [0.717, 1.165) is 26.9 Å². The molecule has 2 radical (unpaired) electrons. The van der Waals surface area contributed by atoms with Gasteiger partial charge in [-0.15, -0.1) is 0 Å². The molecule has 0 spiro atoms. The molecule has 2 aromatic carbocycles. The number of carboxylic acids is 2. The second-order valence-corrected chi connectivity index (χ2v) is 16.0. The minimum Gasteiger partial charge on any atom is -0.550 e. The van der Waals surface area contributed by atoms with Crippen molar-refractivity contribution < 1.29 is 40.2 Å². The number of carbonyl (C=O) groups excluding carboxylic acids is 2. The Hall–Kier alpha value is -2.19. The first-order valence-corrected chi connectivity index (χ1v) is 19.0. The molecule has 1 aliphatic heterocycles. The first-order valence-electron chi connectivity index (χ1n) is 17.5. The summed E-state index contributed by atoms with van der Waals surface area (Å²) in [6, 6.07) is 20.9. The molecule has 2 aromatic rings. The van der Waals surface area contributed by atoms with Gasteiger partial charge in [0.1, 0.15) is 0 Å². The summed E-state index contributed by atoms with van der Waals surface area (Å²) < 4.78 is 0. The van der Waals surface area contributed by atoms with Gasteiger partial charge >= 0.3 is 20.4 Å². The SMILES string of the molecule is C1CCC(P(C2CCCCC2)C2CCCCC2)CC1.CC(=O)[O-].CC(=O)[O-].[C]1N(Cc2ccccc2)C=CN1Cc1ccccc1.[Pd+2]. The second kappa shape index (κ2) is 24.0. The fourth-order valence-electron chi connectivity index (χ4n) is 7.16. The minimum absolute atomic E-state index is 0. The molecule has 0 amide bonds. The Kier molecular flexibility index (Phi) is 21.0. The molecular formula is C39H55N2O4PPd. The first-order chi connectivity index (χ1) is 22.3. The number of benzene rings is 2. The van der Waals surface area contributed by atoms with Crippen molar-refractivity contribution in [3.05, 3.63) is 90.9 Å². The molecule has 3 saturated carbocycles. The van der Waals surface area contributed by atoms with E-state index in [9.17, 15) is 0 Å². The van der Waals surface area contributed by atoms with Crippen molar-refractivity contribution in [2.45, 2.75) is 140 Å². The van der Waals surface area contributed by atoms with Gasteiger partial charge in [-0.05, 0) is 80.5 Å². The number of aliphatic carboxylic acids is 2. The number of nitrogens with zero attached hydrogens (tertiary/aromatic N) is 2. The van der Waals surface area contributed by atoms with Gasteiger partial charge in [0.2, 0.25) is 6.67 Å². The van der Waals surface area contributed by atoms with E-state index < -0.39 is 11.9 Å². The van der Waals surface area contributed by atoms with Gasteiger partial charge in [0.25, 0.3) is 0 Å². The summed E-state index contributed by atoms with van der Waals surface area (Å²) in [5.41, 5.74) is 6.15. The topological polar surface area (TPSA) is 86.7 Å². The minimum atomic E-state index is -1.08. The molecule has 0 N–H and O–H groups in total. The van der Waals surface area contributed by atoms with Crippen LogP contribution in [0.5, 0.6) is 0 Å². The summed E-state index contributed by atoms with van der Waals surface area (Å²) in [6.45, 7) is 7.02. The number of hydrogen-bond acceptors (Lipinski definition) is 6. The predicted molar refractivity (Wildman–Crippen MR) is 185 cm³/mol. The molecule has 6 nitrogen and oxygen atoms in total. The predicted octanol–water partition coefficient (Wildman–Crippen LogP) is 7.45. The van der Waals surface area contributed by atoms with Crippen LogP contribution in [0, 0.1) is 6.67 Å². The first kappa shape index (κ1) is 41.0. The Morgan fingerprint density at radius 3 is 1.15 bits per heavy atom. The van der Waals surface area contributed by atoms with Crippen LogP contribution in [-0.2, 0) is 43.1 Å². The second-order valence-electron chi connectivity index (χ2n) is 12.9. The Balaban J connectivity index is 0.000000262. The van der Waals surface area contributed by atoms with Gasteiger partial charge in [-0.3, -0.25) is 0 Å². The standard InChI is InChI=1S/C18H33P.C17H16N2.2C2H4O2.Pd/c1-4-10-16(11-5-1)19(17-12-6-2-7-13-17)18-14-8-3-9-15-18;1-3-7-16(8-4-1)13-18-11-12-19(15-18)14-17-9-5-2-6-10-17;2*1-2(3)4;/h16-18H,1-15H2;1-12H,13-14H2;2*1H3,(H,3,4);/q;;;;+2/p-2. The molecule has 6 rings (SSSR count). The van der Waals surface area contributed by atoms with Gasteiger partial charge in [-0.1, -0.05) is 126 Å². The van der Waals surface area contributed by atoms with Gasteiger partial charge in [-0.2, -0.15) is 0 Å². The van der Waals surface area contributed by atoms with Crippen molar-refractivity contribution in [3.8, 4) is 0 Å². The van der Waals surface area contributed by atoms with Crippen LogP contribution >= 0.6 is 7.92 Å². The summed E-state index contributed by atoms with van der Waals surface area (Å²) in [5, 5.41) is 17.8. The monoisotopic (exact) mass is 752 g/mol. The molecule has 0 bridgehead atoms. The van der Waals surface area contributed by atoms with Crippen molar-refractivity contribution in [3.63, 3.8) is 0 Å².